The molecule has 1 N–H and O–H groups in total. The summed E-state index contributed by atoms with van der Waals surface area (Å²) in [4.78, 5) is 4.36. The van der Waals surface area contributed by atoms with Crippen LogP contribution in [-0.2, 0) is 0 Å². The van der Waals surface area contributed by atoms with Gasteiger partial charge in [-0.05, 0) is 31.5 Å². The van der Waals surface area contributed by atoms with Gasteiger partial charge < -0.3 is 14.3 Å². The number of furan rings is 1. The van der Waals surface area contributed by atoms with E-state index in [0.29, 0.717) is 23.4 Å². The summed E-state index contributed by atoms with van der Waals surface area (Å²) in [5.41, 5.74) is 0. The maximum absolute atomic E-state index is 5.27. The lowest BCUT2D eigenvalue weighted by Gasteiger charge is -2.18. The van der Waals surface area contributed by atoms with Gasteiger partial charge in [0, 0.05) is 6.54 Å². The molecule has 3 heterocycles. The van der Waals surface area contributed by atoms with E-state index in [1.165, 1.54) is 0 Å². The molecule has 16 heavy (non-hydrogen) atoms. The Balaban J connectivity index is 1.82. The Bertz CT molecular complexity index is 444. The number of nitrogens with zero attached hydrogens (tertiary/aromatic N) is 2. The van der Waals surface area contributed by atoms with Crippen molar-refractivity contribution in [2.24, 2.45) is 0 Å². The van der Waals surface area contributed by atoms with E-state index in [9.17, 15) is 0 Å². The van der Waals surface area contributed by atoms with Crippen molar-refractivity contribution < 1.29 is 8.94 Å². The number of aromatic nitrogens is 2. The second-order valence-electron chi connectivity index (χ2n) is 3.98. The molecule has 0 aromatic carbocycles. The number of piperidine rings is 1. The van der Waals surface area contributed by atoms with Crippen molar-refractivity contribution in [3.8, 4) is 11.6 Å². The van der Waals surface area contributed by atoms with E-state index in [-0.39, 0.29) is 0 Å². The first kappa shape index (κ1) is 9.59. The molecule has 0 unspecified atom stereocenters. The van der Waals surface area contributed by atoms with Gasteiger partial charge in [0.2, 0.25) is 11.7 Å². The van der Waals surface area contributed by atoms with Crippen LogP contribution in [0.2, 0.25) is 0 Å². The third-order valence-corrected chi connectivity index (χ3v) is 2.83. The standard InChI is InChI=1S/C11H13N3O2/c1-3-8(7-12-5-1)11-13-10(14-16-11)9-4-2-6-15-9/h2,4,6,8,12H,1,3,5,7H2/t8-/m0/s1. The summed E-state index contributed by atoms with van der Waals surface area (Å²) >= 11 is 0. The van der Waals surface area contributed by atoms with Crippen molar-refractivity contribution in [1.29, 1.82) is 0 Å². The van der Waals surface area contributed by atoms with Gasteiger partial charge in [0.15, 0.2) is 5.76 Å². The Morgan fingerprint density at radius 1 is 1.44 bits per heavy atom. The average molecular weight is 219 g/mol. The van der Waals surface area contributed by atoms with Crippen molar-refractivity contribution in [2.75, 3.05) is 13.1 Å². The SMILES string of the molecule is c1coc(-c2noc([C@H]3CCCNC3)n2)c1. The van der Waals surface area contributed by atoms with Crippen molar-refractivity contribution in [1.82, 2.24) is 15.5 Å². The second kappa shape index (κ2) is 4.09. The van der Waals surface area contributed by atoms with Crippen molar-refractivity contribution in [2.45, 2.75) is 18.8 Å². The molecule has 1 saturated heterocycles. The molecule has 0 bridgehead atoms. The van der Waals surface area contributed by atoms with Crippen LogP contribution in [0.15, 0.2) is 27.3 Å². The predicted molar refractivity (Wildman–Crippen MR) is 56.8 cm³/mol. The van der Waals surface area contributed by atoms with Gasteiger partial charge in [-0.3, -0.25) is 0 Å². The molecule has 2 aromatic rings. The Kier molecular flexibility index (Phi) is 2.46. The van der Waals surface area contributed by atoms with E-state index in [0.717, 1.165) is 25.9 Å². The first-order valence-electron chi connectivity index (χ1n) is 5.51. The zero-order valence-electron chi connectivity index (χ0n) is 8.85. The van der Waals surface area contributed by atoms with Gasteiger partial charge in [-0.2, -0.15) is 4.98 Å². The summed E-state index contributed by atoms with van der Waals surface area (Å²) in [6.07, 6.45) is 3.86. The van der Waals surface area contributed by atoms with E-state index in [4.69, 9.17) is 8.94 Å². The molecule has 1 atom stereocenters. The van der Waals surface area contributed by atoms with Gasteiger partial charge in [0.25, 0.3) is 0 Å². The largest absolute Gasteiger partial charge is 0.461 e. The van der Waals surface area contributed by atoms with Crippen LogP contribution in [0.5, 0.6) is 0 Å². The third-order valence-electron chi connectivity index (χ3n) is 2.83. The lowest BCUT2D eigenvalue weighted by Crippen LogP contribution is -2.28. The first-order valence-corrected chi connectivity index (χ1v) is 5.51. The van der Waals surface area contributed by atoms with Gasteiger partial charge in [-0.15, -0.1) is 0 Å². The summed E-state index contributed by atoms with van der Waals surface area (Å²) in [7, 11) is 0. The number of hydrogen-bond acceptors (Lipinski definition) is 5. The Hall–Kier alpha value is -1.62. The fraction of sp³-hybridized carbons (Fsp3) is 0.455. The minimum absolute atomic E-state index is 0.338. The summed E-state index contributed by atoms with van der Waals surface area (Å²) in [6, 6.07) is 3.64. The van der Waals surface area contributed by atoms with E-state index in [2.05, 4.69) is 15.5 Å². The van der Waals surface area contributed by atoms with Crippen LogP contribution in [0.4, 0.5) is 0 Å². The number of hydrogen-bond donors (Lipinski definition) is 1. The average Bonchev–Trinajstić information content (AvgIpc) is 3.01. The molecule has 0 amide bonds. The molecule has 2 aromatic heterocycles. The predicted octanol–water partition coefficient (Wildman–Crippen LogP) is 1.80. The Morgan fingerprint density at radius 2 is 2.44 bits per heavy atom. The van der Waals surface area contributed by atoms with Gasteiger partial charge in [0.05, 0.1) is 12.2 Å². The van der Waals surface area contributed by atoms with Crippen LogP contribution in [-0.4, -0.2) is 23.2 Å². The fourth-order valence-corrected chi connectivity index (χ4v) is 1.97. The normalized spacial score (nSPS) is 21.1. The maximum Gasteiger partial charge on any atom is 0.238 e. The molecule has 0 spiro atoms. The maximum atomic E-state index is 5.27. The van der Waals surface area contributed by atoms with E-state index in [1.807, 2.05) is 12.1 Å². The first-order chi connectivity index (χ1) is 7.93. The Labute approximate surface area is 92.8 Å². The minimum atomic E-state index is 0.338. The topological polar surface area (TPSA) is 64.1 Å². The van der Waals surface area contributed by atoms with Gasteiger partial charge in [0.1, 0.15) is 0 Å². The van der Waals surface area contributed by atoms with Gasteiger partial charge >= 0.3 is 0 Å². The highest BCUT2D eigenvalue weighted by Gasteiger charge is 2.22. The lowest BCUT2D eigenvalue weighted by atomic mass is 10.00. The van der Waals surface area contributed by atoms with Crippen LogP contribution in [0, 0.1) is 0 Å². The van der Waals surface area contributed by atoms with Gasteiger partial charge in [-0.1, -0.05) is 5.16 Å². The van der Waals surface area contributed by atoms with Crippen molar-refractivity contribution >= 4 is 0 Å². The zero-order valence-corrected chi connectivity index (χ0v) is 8.85. The summed E-state index contributed by atoms with van der Waals surface area (Å²) in [5.74, 6) is 2.23. The van der Waals surface area contributed by atoms with Crippen LogP contribution in [0.3, 0.4) is 0 Å². The molecule has 1 fully saturated rings. The van der Waals surface area contributed by atoms with Gasteiger partial charge in [-0.25, -0.2) is 0 Å². The number of rotatable bonds is 2. The van der Waals surface area contributed by atoms with Crippen LogP contribution >= 0.6 is 0 Å². The van der Waals surface area contributed by atoms with E-state index < -0.39 is 0 Å². The molecule has 5 nitrogen and oxygen atoms in total. The molecular formula is C11H13N3O2. The van der Waals surface area contributed by atoms with Crippen molar-refractivity contribution in [3.05, 3.63) is 24.3 Å². The molecule has 0 saturated carbocycles. The summed E-state index contributed by atoms with van der Waals surface area (Å²) in [6.45, 7) is 2.00. The van der Waals surface area contributed by atoms with E-state index in [1.54, 1.807) is 6.26 Å². The molecule has 1 aliphatic heterocycles. The summed E-state index contributed by atoms with van der Waals surface area (Å²) in [5, 5.41) is 7.25. The third kappa shape index (κ3) is 1.74. The zero-order chi connectivity index (χ0) is 10.8. The quantitative estimate of drug-likeness (QED) is 0.834. The highest BCUT2D eigenvalue weighted by molar-refractivity contribution is 5.44. The lowest BCUT2D eigenvalue weighted by molar-refractivity contribution is 0.322. The molecular weight excluding hydrogens is 206 g/mol. The highest BCUT2D eigenvalue weighted by atomic mass is 16.5. The molecule has 5 heteroatoms. The van der Waals surface area contributed by atoms with Crippen molar-refractivity contribution in [3.63, 3.8) is 0 Å². The molecule has 1 aliphatic rings. The molecule has 3 rings (SSSR count). The van der Waals surface area contributed by atoms with Crippen LogP contribution in [0.1, 0.15) is 24.7 Å². The Morgan fingerprint density at radius 3 is 3.19 bits per heavy atom. The van der Waals surface area contributed by atoms with E-state index >= 15 is 0 Å². The van der Waals surface area contributed by atoms with Crippen LogP contribution < -0.4 is 5.32 Å². The molecule has 0 aliphatic carbocycles. The minimum Gasteiger partial charge on any atom is -0.461 e. The summed E-state index contributed by atoms with van der Waals surface area (Å²) < 4.78 is 10.5. The number of nitrogens with one attached hydrogen (secondary N) is 1. The second-order valence-corrected chi connectivity index (χ2v) is 3.98. The highest BCUT2D eigenvalue weighted by Crippen LogP contribution is 2.24. The molecule has 84 valence electrons. The molecule has 0 radical (unpaired) electrons. The smallest absolute Gasteiger partial charge is 0.238 e. The van der Waals surface area contributed by atoms with Crippen LogP contribution in [0.25, 0.3) is 11.6 Å². The monoisotopic (exact) mass is 219 g/mol. The fourth-order valence-electron chi connectivity index (χ4n) is 1.97.